The third kappa shape index (κ3) is 3.05. The van der Waals surface area contributed by atoms with Gasteiger partial charge in [0.2, 0.25) is 0 Å². The van der Waals surface area contributed by atoms with Crippen LogP contribution < -0.4 is 10.5 Å². The van der Waals surface area contributed by atoms with Gasteiger partial charge >= 0.3 is 0 Å². The normalized spacial score (nSPS) is 9.86. The fraction of sp³-hybridized carbons (Fsp3) is 0.273. The second kappa shape index (κ2) is 5.68. The van der Waals surface area contributed by atoms with E-state index in [0.29, 0.717) is 18.2 Å². The first-order chi connectivity index (χ1) is 6.77. The van der Waals surface area contributed by atoms with Crippen molar-refractivity contribution in [3.8, 4) is 5.75 Å². The number of rotatable bonds is 5. The Morgan fingerprint density at radius 3 is 2.93 bits per heavy atom. The van der Waals surface area contributed by atoms with Gasteiger partial charge in [0.25, 0.3) is 0 Å². The average Bonchev–Trinajstić information content (AvgIpc) is 2.17. The molecule has 0 atom stereocenters. The van der Waals surface area contributed by atoms with Crippen LogP contribution in [0.4, 0.5) is 0 Å². The first kappa shape index (κ1) is 11.1. The molecule has 0 unspecified atom stereocenters. The van der Waals surface area contributed by atoms with Gasteiger partial charge in [-0.25, -0.2) is 0 Å². The minimum atomic E-state index is 0.499. The lowest BCUT2D eigenvalue weighted by molar-refractivity contribution is 0.359. The van der Waals surface area contributed by atoms with Gasteiger partial charge in [0, 0.05) is 5.02 Å². The van der Waals surface area contributed by atoms with E-state index in [1.165, 1.54) is 0 Å². The Balaban J connectivity index is 2.83. The Kier molecular flexibility index (Phi) is 4.50. The molecule has 3 heteroatoms. The molecule has 0 aliphatic rings. The molecule has 0 spiro atoms. The highest BCUT2D eigenvalue weighted by Crippen LogP contribution is 2.23. The van der Waals surface area contributed by atoms with Crippen molar-refractivity contribution in [1.82, 2.24) is 0 Å². The maximum Gasteiger partial charge on any atom is 0.123 e. The van der Waals surface area contributed by atoms with Gasteiger partial charge in [-0.3, -0.25) is 0 Å². The van der Waals surface area contributed by atoms with Crippen LogP contribution in [0.2, 0.25) is 5.02 Å². The number of benzene rings is 1. The van der Waals surface area contributed by atoms with Gasteiger partial charge in [-0.05, 0) is 36.7 Å². The fourth-order valence-electron chi connectivity index (χ4n) is 1.19. The van der Waals surface area contributed by atoms with E-state index >= 15 is 0 Å². The molecule has 0 heterocycles. The molecule has 0 aromatic heterocycles. The lowest BCUT2D eigenvalue weighted by Gasteiger charge is -2.09. The zero-order chi connectivity index (χ0) is 10.4. The summed E-state index contributed by atoms with van der Waals surface area (Å²) in [4.78, 5) is 0. The Morgan fingerprint density at radius 1 is 1.50 bits per heavy atom. The summed E-state index contributed by atoms with van der Waals surface area (Å²) in [5.74, 6) is 0.833. The Hall–Kier alpha value is -0.990. The molecule has 1 aromatic carbocycles. The molecule has 0 saturated carbocycles. The summed E-state index contributed by atoms with van der Waals surface area (Å²) in [7, 11) is 0. The second-order valence-electron chi connectivity index (χ2n) is 2.89. The van der Waals surface area contributed by atoms with Crippen LogP contribution in [0.3, 0.4) is 0 Å². The highest BCUT2D eigenvalue weighted by molar-refractivity contribution is 6.30. The van der Waals surface area contributed by atoms with E-state index in [-0.39, 0.29) is 0 Å². The molecule has 2 N–H and O–H groups in total. The summed E-state index contributed by atoms with van der Waals surface area (Å²) in [6, 6.07) is 5.55. The molecule has 76 valence electrons. The summed E-state index contributed by atoms with van der Waals surface area (Å²) >= 11 is 5.87. The highest BCUT2D eigenvalue weighted by atomic mass is 35.5. The van der Waals surface area contributed by atoms with Crippen molar-refractivity contribution in [2.45, 2.75) is 6.42 Å². The highest BCUT2D eigenvalue weighted by Gasteiger charge is 2.03. The van der Waals surface area contributed by atoms with E-state index in [1.807, 2.05) is 12.1 Å². The standard InChI is InChI=1S/C11H14ClNO/c1-2-7-14-11-4-3-10(12)8-9(11)5-6-13/h2-4,8H,1,5-7,13H2. The fourth-order valence-corrected chi connectivity index (χ4v) is 1.38. The van der Waals surface area contributed by atoms with Crippen LogP contribution in [0.15, 0.2) is 30.9 Å². The van der Waals surface area contributed by atoms with Crippen LogP contribution in [0.25, 0.3) is 0 Å². The maximum atomic E-state index is 5.87. The second-order valence-corrected chi connectivity index (χ2v) is 3.33. The Bertz CT molecular complexity index is 312. The van der Waals surface area contributed by atoms with Crippen LogP contribution in [-0.4, -0.2) is 13.2 Å². The molecular formula is C11H14ClNO. The predicted octanol–water partition coefficient (Wildman–Crippen LogP) is 2.41. The molecule has 0 amide bonds. The van der Waals surface area contributed by atoms with Gasteiger partial charge in [-0.2, -0.15) is 0 Å². The molecule has 0 aliphatic heterocycles. The van der Waals surface area contributed by atoms with Crippen molar-refractivity contribution < 1.29 is 4.74 Å². The molecule has 0 fully saturated rings. The van der Waals surface area contributed by atoms with Crippen molar-refractivity contribution in [2.75, 3.05) is 13.2 Å². The smallest absolute Gasteiger partial charge is 0.123 e. The number of hydrogen-bond acceptors (Lipinski definition) is 2. The van der Waals surface area contributed by atoms with Gasteiger partial charge in [-0.15, -0.1) is 0 Å². The summed E-state index contributed by atoms with van der Waals surface area (Å²) in [5.41, 5.74) is 6.53. The first-order valence-corrected chi connectivity index (χ1v) is 4.88. The van der Waals surface area contributed by atoms with E-state index in [0.717, 1.165) is 17.7 Å². The minimum absolute atomic E-state index is 0.499. The van der Waals surface area contributed by atoms with E-state index < -0.39 is 0 Å². The van der Waals surface area contributed by atoms with Crippen molar-refractivity contribution in [3.63, 3.8) is 0 Å². The summed E-state index contributed by atoms with van der Waals surface area (Å²) in [5, 5.41) is 0.708. The Labute approximate surface area is 89.3 Å². The van der Waals surface area contributed by atoms with Crippen LogP contribution in [0.5, 0.6) is 5.75 Å². The number of halogens is 1. The molecule has 1 rings (SSSR count). The van der Waals surface area contributed by atoms with Crippen molar-refractivity contribution >= 4 is 11.6 Å². The Morgan fingerprint density at radius 2 is 2.29 bits per heavy atom. The summed E-state index contributed by atoms with van der Waals surface area (Å²) < 4.78 is 5.46. The van der Waals surface area contributed by atoms with Gasteiger partial charge < -0.3 is 10.5 Å². The van der Waals surface area contributed by atoms with Crippen LogP contribution in [0, 0.1) is 0 Å². The number of ether oxygens (including phenoxy) is 1. The third-order valence-electron chi connectivity index (χ3n) is 1.79. The van der Waals surface area contributed by atoms with Crippen LogP contribution in [-0.2, 0) is 6.42 Å². The van der Waals surface area contributed by atoms with E-state index in [1.54, 1.807) is 12.1 Å². The minimum Gasteiger partial charge on any atom is -0.489 e. The number of hydrogen-bond donors (Lipinski definition) is 1. The third-order valence-corrected chi connectivity index (χ3v) is 2.03. The molecule has 0 bridgehead atoms. The zero-order valence-corrected chi connectivity index (χ0v) is 8.76. The van der Waals surface area contributed by atoms with E-state index in [2.05, 4.69) is 6.58 Å². The molecule has 1 aromatic rings. The van der Waals surface area contributed by atoms with Crippen molar-refractivity contribution in [1.29, 1.82) is 0 Å². The molecular weight excluding hydrogens is 198 g/mol. The van der Waals surface area contributed by atoms with Crippen molar-refractivity contribution in [2.24, 2.45) is 5.73 Å². The quantitative estimate of drug-likeness (QED) is 0.760. The number of nitrogens with two attached hydrogens (primary N) is 1. The average molecular weight is 212 g/mol. The maximum absolute atomic E-state index is 5.87. The summed E-state index contributed by atoms with van der Waals surface area (Å²) in [6.45, 7) is 4.68. The van der Waals surface area contributed by atoms with E-state index in [9.17, 15) is 0 Å². The van der Waals surface area contributed by atoms with Crippen LogP contribution in [0.1, 0.15) is 5.56 Å². The van der Waals surface area contributed by atoms with Gasteiger partial charge in [0.05, 0.1) is 0 Å². The monoisotopic (exact) mass is 211 g/mol. The predicted molar refractivity (Wildman–Crippen MR) is 59.9 cm³/mol. The summed E-state index contributed by atoms with van der Waals surface area (Å²) in [6.07, 6.45) is 2.48. The van der Waals surface area contributed by atoms with Crippen LogP contribution >= 0.6 is 11.6 Å². The topological polar surface area (TPSA) is 35.2 Å². The lowest BCUT2D eigenvalue weighted by Crippen LogP contribution is -2.05. The van der Waals surface area contributed by atoms with Crippen molar-refractivity contribution in [3.05, 3.63) is 41.4 Å². The lowest BCUT2D eigenvalue weighted by atomic mass is 10.1. The largest absolute Gasteiger partial charge is 0.489 e. The SMILES string of the molecule is C=CCOc1ccc(Cl)cc1CCN. The molecule has 0 radical (unpaired) electrons. The molecule has 0 saturated heterocycles. The molecule has 14 heavy (non-hydrogen) atoms. The molecule has 2 nitrogen and oxygen atoms in total. The van der Waals surface area contributed by atoms with E-state index in [4.69, 9.17) is 22.1 Å². The van der Waals surface area contributed by atoms with Gasteiger partial charge in [0.15, 0.2) is 0 Å². The van der Waals surface area contributed by atoms with Gasteiger partial charge in [-0.1, -0.05) is 24.3 Å². The molecule has 0 aliphatic carbocycles. The first-order valence-electron chi connectivity index (χ1n) is 4.50. The zero-order valence-electron chi connectivity index (χ0n) is 8.00. The van der Waals surface area contributed by atoms with Gasteiger partial charge in [0.1, 0.15) is 12.4 Å².